The Labute approximate surface area is 119 Å². The van der Waals surface area contributed by atoms with E-state index < -0.39 is 5.97 Å². The molecule has 0 spiro atoms. The Kier molecular flexibility index (Phi) is 5.79. The molecule has 0 aromatic rings. The van der Waals surface area contributed by atoms with E-state index in [4.69, 9.17) is 9.47 Å². The number of hydrogen-bond acceptors (Lipinski definition) is 5. The van der Waals surface area contributed by atoms with Crippen LogP contribution in [0.3, 0.4) is 0 Å². The summed E-state index contributed by atoms with van der Waals surface area (Å²) in [4.78, 5) is 24.6. The summed E-state index contributed by atoms with van der Waals surface area (Å²) >= 11 is 0. The lowest BCUT2D eigenvalue weighted by atomic mass is 9.84. The third kappa shape index (κ3) is 4.18. The molecule has 0 saturated carbocycles. The van der Waals surface area contributed by atoms with Crippen molar-refractivity contribution >= 4 is 11.9 Å². The van der Waals surface area contributed by atoms with Crippen molar-refractivity contribution < 1.29 is 23.8 Å². The number of piperidine rings is 1. The molecule has 20 heavy (non-hydrogen) atoms. The van der Waals surface area contributed by atoms with Gasteiger partial charge in [-0.1, -0.05) is 0 Å². The van der Waals surface area contributed by atoms with Gasteiger partial charge in [0.2, 0.25) is 5.91 Å². The fourth-order valence-electron chi connectivity index (χ4n) is 2.92. The number of likely N-dealkylation sites (tertiary alicyclic amines) is 1. The minimum absolute atomic E-state index is 0.0463. The quantitative estimate of drug-likeness (QED) is 0.686. The van der Waals surface area contributed by atoms with Crippen molar-refractivity contribution in [2.45, 2.75) is 19.3 Å². The first-order valence-electron chi connectivity index (χ1n) is 7.20. The van der Waals surface area contributed by atoms with E-state index in [1.807, 2.05) is 4.90 Å². The zero-order valence-electron chi connectivity index (χ0n) is 12.0. The Balaban J connectivity index is 1.65. The minimum Gasteiger partial charge on any atom is -0.467 e. The normalized spacial score (nSPS) is 23.9. The van der Waals surface area contributed by atoms with Crippen LogP contribution in [-0.2, 0) is 23.8 Å². The fraction of sp³-hybridized carbons (Fsp3) is 0.857. The van der Waals surface area contributed by atoms with E-state index in [1.54, 1.807) is 0 Å². The molecule has 2 aliphatic rings. The summed E-state index contributed by atoms with van der Waals surface area (Å²) in [6, 6.07) is 0. The van der Waals surface area contributed by atoms with Crippen LogP contribution in [0.15, 0.2) is 0 Å². The van der Waals surface area contributed by atoms with Crippen molar-refractivity contribution in [3.63, 3.8) is 0 Å². The first-order chi connectivity index (χ1) is 9.70. The van der Waals surface area contributed by atoms with Crippen LogP contribution in [0.25, 0.3) is 0 Å². The summed E-state index contributed by atoms with van der Waals surface area (Å²) in [5.74, 6) is 0.841. The van der Waals surface area contributed by atoms with Gasteiger partial charge in [0.1, 0.15) is 13.2 Å². The molecule has 1 atom stereocenters. The first kappa shape index (κ1) is 15.3. The number of carbonyl (C=O) groups excluding carboxylic acids is 2. The predicted molar refractivity (Wildman–Crippen MR) is 71.1 cm³/mol. The monoisotopic (exact) mass is 285 g/mol. The van der Waals surface area contributed by atoms with Crippen molar-refractivity contribution in [3.05, 3.63) is 0 Å². The summed E-state index contributed by atoms with van der Waals surface area (Å²) in [6.07, 6.45) is 3.23. The second-order valence-corrected chi connectivity index (χ2v) is 5.41. The molecule has 114 valence electrons. The molecule has 6 heteroatoms. The highest BCUT2D eigenvalue weighted by Gasteiger charge is 2.30. The minimum atomic E-state index is -0.460. The number of ether oxygens (including phenoxy) is 3. The van der Waals surface area contributed by atoms with Crippen LogP contribution in [0, 0.1) is 11.8 Å². The number of esters is 1. The fourth-order valence-corrected chi connectivity index (χ4v) is 2.92. The lowest BCUT2D eigenvalue weighted by Gasteiger charge is -2.34. The van der Waals surface area contributed by atoms with E-state index in [0.29, 0.717) is 11.8 Å². The molecule has 6 nitrogen and oxygen atoms in total. The van der Waals surface area contributed by atoms with Crippen LogP contribution in [0.2, 0.25) is 0 Å². The SMILES string of the molecule is COC(=O)COCC(=O)N1CCC(C2CCOC2)CC1. The molecule has 0 bridgehead atoms. The van der Waals surface area contributed by atoms with Crippen LogP contribution in [0.4, 0.5) is 0 Å². The van der Waals surface area contributed by atoms with Gasteiger partial charge in [0.25, 0.3) is 0 Å². The first-order valence-corrected chi connectivity index (χ1v) is 7.20. The van der Waals surface area contributed by atoms with E-state index in [1.165, 1.54) is 7.11 Å². The largest absolute Gasteiger partial charge is 0.467 e. The number of nitrogens with zero attached hydrogens (tertiary/aromatic N) is 1. The molecule has 2 aliphatic heterocycles. The molecule has 0 radical (unpaired) electrons. The highest BCUT2D eigenvalue weighted by Crippen LogP contribution is 2.30. The lowest BCUT2D eigenvalue weighted by Crippen LogP contribution is -2.42. The summed E-state index contributed by atoms with van der Waals surface area (Å²) in [6.45, 7) is 3.10. The van der Waals surface area contributed by atoms with Crippen LogP contribution in [0.5, 0.6) is 0 Å². The zero-order valence-corrected chi connectivity index (χ0v) is 12.0. The van der Waals surface area contributed by atoms with Crippen molar-refractivity contribution in [3.8, 4) is 0 Å². The molecule has 1 unspecified atom stereocenters. The molecule has 0 aromatic carbocycles. The maximum absolute atomic E-state index is 11.9. The molecular weight excluding hydrogens is 262 g/mol. The molecule has 2 heterocycles. The van der Waals surface area contributed by atoms with Gasteiger partial charge in [0, 0.05) is 26.3 Å². The Hall–Kier alpha value is -1.14. The highest BCUT2D eigenvalue weighted by molar-refractivity contribution is 5.78. The summed E-state index contributed by atoms with van der Waals surface area (Å²) in [7, 11) is 1.30. The predicted octanol–water partition coefficient (Wildman–Crippen LogP) is 0.451. The van der Waals surface area contributed by atoms with Gasteiger partial charge in [-0.2, -0.15) is 0 Å². The Bertz CT molecular complexity index is 332. The van der Waals surface area contributed by atoms with Crippen LogP contribution in [-0.4, -0.2) is 63.4 Å². The van der Waals surface area contributed by atoms with E-state index in [0.717, 1.165) is 45.6 Å². The molecular formula is C14H23NO5. The smallest absolute Gasteiger partial charge is 0.331 e. The number of amides is 1. The molecule has 2 saturated heterocycles. The van der Waals surface area contributed by atoms with E-state index >= 15 is 0 Å². The van der Waals surface area contributed by atoms with Crippen molar-refractivity contribution in [1.29, 1.82) is 0 Å². The van der Waals surface area contributed by atoms with Crippen molar-refractivity contribution in [1.82, 2.24) is 4.90 Å². The van der Waals surface area contributed by atoms with Gasteiger partial charge < -0.3 is 19.1 Å². The van der Waals surface area contributed by atoms with Crippen molar-refractivity contribution in [2.75, 3.05) is 46.6 Å². The van der Waals surface area contributed by atoms with E-state index in [2.05, 4.69) is 4.74 Å². The Morgan fingerprint density at radius 2 is 1.90 bits per heavy atom. The molecule has 0 aromatic heterocycles. The maximum atomic E-state index is 11.9. The third-order valence-corrected chi connectivity index (χ3v) is 4.20. The summed E-state index contributed by atoms with van der Waals surface area (Å²) in [5, 5.41) is 0. The molecule has 2 fully saturated rings. The van der Waals surface area contributed by atoms with E-state index in [-0.39, 0.29) is 19.1 Å². The Morgan fingerprint density at radius 3 is 2.50 bits per heavy atom. The number of rotatable bonds is 5. The molecule has 1 amide bonds. The molecule has 2 rings (SSSR count). The van der Waals surface area contributed by atoms with Gasteiger partial charge >= 0.3 is 5.97 Å². The maximum Gasteiger partial charge on any atom is 0.331 e. The van der Waals surface area contributed by atoms with Gasteiger partial charge in [0.15, 0.2) is 0 Å². The van der Waals surface area contributed by atoms with Crippen molar-refractivity contribution in [2.24, 2.45) is 11.8 Å². The van der Waals surface area contributed by atoms with Crippen LogP contribution < -0.4 is 0 Å². The van der Waals surface area contributed by atoms with Gasteiger partial charge in [-0.05, 0) is 31.1 Å². The molecule has 0 N–H and O–H groups in total. The topological polar surface area (TPSA) is 65.1 Å². The van der Waals surface area contributed by atoms with Gasteiger partial charge in [-0.3, -0.25) is 4.79 Å². The zero-order chi connectivity index (χ0) is 14.4. The number of hydrogen-bond donors (Lipinski definition) is 0. The summed E-state index contributed by atoms with van der Waals surface area (Å²) < 4.78 is 14.9. The highest BCUT2D eigenvalue weighted by atomic mass is 16.6. The van der Waals surface area contributed by atoms with Gasteiger partial charge in [0.05, 0.1) is 7.11 Å². The third-order valence-electron chi connectivity index (χ3n) is 4.20. The average molecular weight is 285 g/mol. The van der Waals surface area contributed by atoms with Crippen LogP contribution >= 0.6 is 0 Å². The number of carbonyl (C=O) groups is 2. The van der Waals surface area contributed by atoms with Gasteiger partial charge in [-0.25, -0.2) is 4.79 Å². The number of methoxy groups -OCH3 is 1. The average Bonchev–Trinajstić information content (AvgIpc) is 3.01. The standard InChI is InChI=1S/C14H23NO5/c1-18-14(17)10-20-9-13(16)15-5-2-11(3-6-15)12-4-7-19-8-12/h11-12H,2-10H2,1H3. The van der Waals surface area contributed by atoms with Crippen LogP contribution in [0.1, 0.15) is 19.3 Å². The Morgan fingerprint density at radius 1 is 1.15 bits per heavy atom. The summed E-state index contributed by atoms with van der Waals surface area (Å²) in [5.41, 5.74) is 0. The van der Waals surface area contributed by atoms with E-state index in [9.17, 15) is 9.59 Å². The molecule has 0 aliphatic carbocycles. The second kappa shape index (κ2) is 7.59. The van der Waals surface area contributed by atoms with Gasteiger partial charge in [-0.15, -0.1) is 0 Å². The lowest BCUT2D eigenvalue weighted by molar-refractivity contribution is -0.149. The second-order valence-electron chi connectivity index (χ2n) is 5.41.